The van der Waals surface area contributed by atoms with Gasteiger partial charge in [0.2, 0.25) is 0 Å². The van der Waals surface area contributed by atoms with Gasteiger partial charge in [0.05, 0.1) is 25.0 Å². The van der Waals surface area contributed by atoms with Crippen LogP contribution in [0.3, 0.4) is 0 Å². The first-order valence-corrected chi connectivity index (χ1v) is 11.7. The van der Waals surface area contributed by atoms with Crippen molar-refractivity contribution in [2.45, 2.75) is 31.6 Å². The molecule has 33 heavy (non-hydrogen) atoms. The first-order valence-electron chi connectivity index (χ1n) is 11.7. The second kappa shape index (κ2) is 11.3. The van der Waals surface area contributed by atoms with Gasteiger partial charge < -0.3 is 24.0 Å². The number of carbonyl (C=O) groups excluding carboxylic acids is 1. The zero-order valence-electron chi connectivity index (χ0n) is 19.5. The summed E-state index contributed by atoms with van der Waals surface area (Å²) in [6.07, 6.45) is 7.76. The molecule has 0 aliphatic carbocycles. The lowest BCUT2D eigenvalue weighted by atomic mass is 9.93. The Kier molecular flexibility index (Phi) is 7.96. The van der Waals surface area contributed by atoms with Crippen molar-refractivity contribution in [1.82, 2.24) is 14.8 Å². The Hall–Kier alpha value is -2.90. The van der Waals surface area contributed by atoms with E-state index in [0.717, 1.165) is 51.0 Å². The highest BCUT2D eigenvalue weighted by Gasteiger charge is 2.27. The van der Waals surface area contributed by atoms with E-state index in [0.29, 0.717) is 36.1 Å². The number of hydrogen-bond acceptors (Lipinski definition) is 6. The molecular formula is C26H33N3O4. The minimum atomic E-state index is -0.0652. The number of amides is 1. The number of likely N-dealkylation sites (tertiary alicyclic amines) is 1. The van der Waals surface area contributed by atoms with Crippen LogP contribution in [0.2, 0.25) is 0 Å². The summed E-state index contributed by atoms with van der Waals surface area (Å²) in [5.41, 5.74) is 2.48. The summed E-state index contributed by atoms with van der Waals surface area (Å²) in [5.74, 6) is 1.66. The van der Waals surface area contributed by atoms with E-state index in [2.05, 4.69) is 22.0 Å². The van der Waals surface area contributed by atoms with Crippen LogP contribution >= 0.6 is 0 Å². The van der Waals surface area contributed by atoms with Gasteiger partial charge in [-0.3, -0.25) is 9.78 Å². The molecule has 1 aromatic carbocycles. The average Bonchev–Trinajstić information content (AvgIpc) is 2.99. The predicted molar refractivity (Wildman–Crippen MR) is 127 cm³/mol. The van der Waals surface area contributed by atoms with E-state index >= 15 is 0 Å². The predicted octanol–water partition coefficient (Wildman–Crippen LogP) is 4.07. The van der Waals surface area contributed by atoms with Gasteiger partial charge in [-0.25, -0.2) is 0 Å². The third-order valence-corrected chi connectivity index (χ3v) is 6.42. The Morgan fingerprint density at radius 3 is 2.64 bits per heavy atom. The maximum atomic E-state index is 13.3. The molecule has 0 spiro atoms. The normalized spacial score (nSPS) is 17.2. The van der Waals surface area contributed by atoms with Crippen LogP contribution < -0.4 is 9.47 Å². The van der Waals surface area contributed by atoms with Gasteiger partial charge in [-0.15, -0.1) is 0 Å². The highest BCUT2D eigenvalue weighted by Crippen LogP contribution is 2.30. The Balaban J connectivity index is 1.30. The first-order chi connectivity index (χ1) is 16.2. The number of methoxy groups -OCH3 is 2. The van der Waals surface area contributed by atoms with Crippen molar-refractivity contribution in [3.05, 3.63) is 65.8 Å². The van der Waals surface area contributed by atoms with Crippen LogP contribution in [-0.4, -0.2) is 67.7 Å². The van der Waals surface area contributed by atoms with Crippen LogP contribution in [0.1, 0.15) is 47.7 Å². The minimum absolute atomic E-state index is 0.0652. The number of piperidine rings is 1. The maximum absolute atomic E-state index is 13.3. The van der Waals surface area contributed by atoms with Crippen molar-refractivity contribution in [2.24, 2.45) is 0 Å². The Morgan fingerprint density at radius 2 is 1.91 bits per heavy atom. The van der Waals surface area contributed by atoms with Crippen LogP contribution in [0.5, 0.6) is 11.5 Å². The Morgan fingerprint density at radius 1 is 1.09 bits per heavy atom. The van der Waals surface area contributed by atoms with Crippen molar-refractivity contribution in [3.8, 4) is 11.5 Å². The number of ether oxygens (including phenoxy) is 3. The summed E-state index contributed by atoms with van der Waals surface area (Å²) in [6, 6.07) is 11.5. The van der Waals surface area contributed by atoms with E-state index in [9.17, 15) is 4.79 Å². The molecule has 0 N–H and O–H groups in total. The Labute approximate surface area is 196 Å². The number of pyridine rings is 1. The molecule has 2 aliphatic heterocycles. The molecule has 1 fully saturated rings. The summed E-state index contributed by atoms with van der Waals surface area (Å²) >= 11 is 0. The molecule has 1 amide bonds. The molecular weight excluding hydrogens is 418 g/mol. The zero-order chi connectivity index (χ0) is 23.0. The molecule has 3 heterocycles. The second-order valence-corrected chi connectivity index (χ2v) is 8.56. The van der Waals surface area contributed by atoms with E-state index in [-0.39, 0.29) is 5.91 Å². The van der Waals surface area contributed by atoms with Gasteiger partial charge >= 0.3 is 0 Å². The molecule has 7 nitrogen and oxygen atoms in total. The second-order valence-electron chi connectivity index (χ2n) is 8.56. The van der Waals surface area contributed by atoms with E-state index in [1.165, 1.54) is 5.69 Å². The summed E-state index contributed by atoms with van der Waals surface area (Å²) in [4.78, 5) is 22.1. The maximum Gasteiger partial charge on any atom is 0.261 e. The molecule has 7 heteroatoms. The molecule has 0 bridgehead atoms. The van der Waals surface area contributed by atoms with Gasteiger partial charge in [0, 0.05) is 37.5 Å². The van der Waals surface area contributed by atoms with E-state index in [1.807, 2.05) is 12.3 Å². The van der Waals surface area contributed by atoms with Crippen LogP contribution in [0.25, 0.3) is 0 Å². The number of benzene rings is 1. The Bertz CT molecular complexity index is 955. The van der Waals surface area contributed by atoms with Crippen LogP contribution in [-0.2, 0) is 4.74 Å². The molecule has 2 aliphatic rings. The standard InChI is InChI=1S/C26H33N3O4/c1-31-18-21-19-33-25-17-22(32-2)8-9-23(25)26(30)29(21)14-6-5-13-28-15-10-20(11-16-28)24-7-3-4-12-27-24/h3-4,7-9,12,17,19-20H,5-6,10-11,13-16,18H2,1-2H3. The average molecular weight is 452 g/mol. The van der Waals surface area contributed by atoms with Gasteiger partial charge in [-0.2, -0.15) is 0 Å². The topological polar surface area (TPSA) is 64.1 Å². The highest BCUT2D eigenvalue weighted by atomic mass is 16.5. The quantitative estimate of drug-likeness (QED) is 0.536. The first kappa shape index (κ1) is 23.3. The molecule has 1 aromatic heterocycles. The lowest BCUT2D eigenvalue weighted by molar-refractivity contribution is 0.0771. The highest BCUT2D eigenvalue weighted by molar-refractivity contribution is 5.98. The van der Waals surface area contributed by atoms with E-state index in [1.54, 1.807) is 43.6 Å². The van der Waals surface area contributed by atoms with Gasteiger partial charge in [0.1, 0.15) is 17.8 Å². The van der Waals surface area contributed by atoms with Crippen molar-refractivity contribution in [2.75, 3.05) is 47.0 Å². The summed E-state index contributed by atoms with van der Waals surface area (Å²) in [5, 5.41) is 0. The third kappa shape index (κ3) is 5.72. The molecule has 4 rings (SSSR count). The van der Waals surface area contributed by atoms with Gasteiger partial charge in [-0.1, -0.05) is 6.07 Å². The molecule has 0 unspecified atom stereocenters. The van der Waals surface area contributed by atoms with Crippen molar-refractivity contribution in [1.29, 1.82) is 0 Å². The lowest BCUT2D eigenvalue weighted by Gasteiger charge is -2.32. The van der Waals surface area contributed by atoms with Gasteiger partial charge in [0.15, 0.2) is 0 Å². The smallest absolute Gasteiger partial charge is 0.261 e. The van der Waals surface area contributed by atoms with E-state index < -0.39 is 0 Å². The number of rotatable bonds is 9. The van der Waals surface area contributed by atoms with Crippen molar-refractivity contribution >= 4 is 5.91 Å². The SMILES string of the molecule is COCC1=COc2cc(OC)ccc2C(=O)N1CCCCN1CCC(c2ccccn2)CC1. The number of fused-ring (bicyclic) bond motifs is 1. The fraction of sp³-hybridized carbons (Fsp3) is 0.462. The number of carbonyl (C=O) groups is 1. The molecule has 176 valence electrons. The van der Waals surface area contributed by atoms with Crippen LogP contribution in [0.15, 0.2) is 54.6 Å². The van der Waals surface area contributed by atoms with Crippen LogP contribution in [0.4, 0.5) is 0 Å². The van der Waals surface area contributed by atoms with Crippen molar-refractivity contribution in [3.63, 3.8) is 0 Å². The molecule has 0 saturated carbocycles. The monoisotopic (exact) mass is 451 g/mol. The number of hydrogen-bond donors (Lipinski definition) is 0. The number of aromatic nitrogens is 1. The zero-order valence-corrected chi connectivity index (χ0v) is 19.5. The number of nitrogens with zero attached hydrogens (tertiary/aromatic N) is 3. The van der Waals surface area contributed by atoms with Gasteiger partial charge in [-0.05, 0) is 69.6 Å². The summed E-state index contributed by atoms with van der Waals surface area (Å²) in [7, 11) is 3.22. The van der Waals surface area contributed by atoms with E-state index in [4.69, 9.17) is 14.2 Å². The molecule has 2 aromatic rings. The molecule has 0 atom stereocenters. The largest absolute Gasteiger partial charge is 0.497 e. The summed E-state index contributed by atoms with van der Waals surface area (Å²) in [6.45, 7) is 4.19. The lowest BCUT2D eigenvalue weighted by Crippen LogP contribution is -2.35. The fourth-order valence-electron chi connectivity index (χ4n) is 4.55. The fourth-order valence-corrected chi connectivity index (χ4v) is 4.55. The summed E-state index contributed by atoms with van der Waals surface area (Å²) < 4.78 is 16.4. The molecule has 0 radical (unpaired) electrons. The minimum Gasteiger partial charge on any atom is -0.497 e. The van der Waals surface area contributed by atoms with Crippen molar-refractivity contribution < 1.29 is 19.0 Å². The van der Waals surface area contributed by atoms with Gasteiger partial charge in [0.25, 0.3) is 5.91 Å². The molecule has 1 saturated heterocycles. The third-order valence-electron chi connectivity index (χ3n) is 6.42. The van der Waals surface area contributed by atoms with Crippen LogP contribution in [0, 0.1) is 0 Å². The number of unbranched alkanes of at least 4 members (excludes halogenated alkanes) is 1.